The van der Waals surface area contributed by atoms with Gasteiger partial charge >= 0.3 is 0 Å². The van der Waals surface area contributed by atoms with Crippen molar-refractivity contribution in [2.45, 2.75) is 18.6 Å². The molecule has 0 aliphatic rings. The van der Waals surface area contributed by atoms with Crippen molar-refractivity contribution in [1.82, 2.24) is 0 Å². The van der Waals surface area contributed by atoms with Crippen LogP contribution in [0.1, 0.15) is 28.4 Å². The average molecular weight is 308 g/mol. The molecule has 0 radical (unpaired) electrons. The lowest BCUT2D eigenvalue weighted by Gasteiger charge is -2.18. The smallest absolute Gasteiger partial charge is 0.150 e. The van der Waals surface area contributed by atoms with E-state index in [4.69, 9.17) is 11.6 Å². The van der Waals surface area contributed by atoms with Gasteiger partial charge in [0.2, 0.25) is 0 Å². The number of aliphatic hydroxyl groups is 2. The molecule has 0 aliphatic heterocycles. The summed E-state index contributed by atoms with van der Waals surface area (Å²) in [4.78, 5) is 10.5. The Hall–Kier alpha value is -0.420. The van der Waals surface area contributed by atoms with Gasteiger partial charge in [-0.2, -0.15) is 0 Å². The Balaban J connectivity index is 2.91. The van der Waals surface area contributed by atoms with E-state index in [1.165, 1.54) is 6.07 Å². The average Bonchev–Trinajstić information content (AvgIpc) is 2.28. The van der Waals surface area contributed by atoms with E-state index < -0.39 is 12.2 Å². The molecule has 0 saturated heterocycles. The second-order valence-electron chi connectivity index (χ2n) is 3.39. The van der Waals surface area contributed by atoms with E-state index >= 15 is 0 Å². The SMILES string of the molecule is O=Cc1ccc(C(O)C(O)CCBr)c(Cl)c1. The number of benzene rings is 1. The molecule has 0 spiro atoms. The highest BCUT2D eigenvalue weighted by Gasteiger charge is 2.20. The van der Waals surface area contributed by atoms with Crippen molar-refractivity contribution < 1.29 is 15.0 Å². The molecule has 2 N–H and O–H groups in total. The minimum Gasteiger partial charge on any atom is -0.390 e. The van der Waals surface area contributed by atoms with E-state index in [0.29, 0.717) is 29.2 Å². The van der Waals surface area contributed by atoms with Crippen molar-refractivity contribution >= 4 is 33.8 Å². The Morgan fingerprint density at radius 1 is 1.44 bits per heavy atom. The summed E-state index contributed by atoms with van der Waals surface area (Å²) in [6.07, 6.45) is -0.811. The topological polar surface area (TPSA) is 57.5 Å². The zero-order valence-electron chi connectivity index (χ0n) is 8.44. The molecule has 2 unspecified atom stereocenters. The predicted molar refractivity (Wildman–Crippen MR) is 66.2 cm³/mol. The van der Waals surface area contributed by atoms with E-state index in [0.717, 1.165) is 0 Å². The van der Waals surface area contributed by atoms with Crippen LogP contribution in [0.4, 0.5) is 0 Å². The molecule has 88 valence electrons. The molecule has 1 aromatic rings. The Morgan fingerprint density at radius 2 is 2.12 bits per heavy atom. The lowest BCUT2D eigenvalue weighted by molar-refractivity contribution is 0.0174. The van der Waals surface area contributed by atoms with Gasteiger partial charge in [0.15, 0.2) is 0 Å². The fraction of sp³-hybridized carbons (Fsp3) is 0.364. The fourth-order valence-electron chi connectivity index (χ4n) is 1.33. The van der Waals surface area contributed by atoms with E-state index in [1.54, 1.807) is 12.1 Å². The van der Waals surface area contributed by atoms with Crippen LogP contribution in [0.25, 0.3) is 0 Å². The number of alkyl halides is 1. The van der Waals surface area contributed by atoms with Crippen LogP contribution < -0.4 is 0 Å². The molecular formula is C11H12BrClO3. The van der Waals surface area contributed by atoms with Crippen molar-refractivity contribution in [1.29, 1.82) is 0 Å². The molecule has 3 nitrogen and oxygen atoms in total. The second-order valence-corrected chi connectivity index (χ2v) is 4.59. The largest absolute Gasteiger partial charge is 0.390 e. The minimum atomic E-state index is -1.04. The zero-order chi connectivity index (χ0) is 12.1. The summed E-state index contributed by atoms with van der Waals surface area (Å²) in [5, 5.41) is 20.3. The number of rotatable bonds is 5. The minimum absolute atomic E-state index is 0.283. The van der Waals surface area contributed by atoms with Gasteiger partial charge in [-0.3, -0.25) is 4.79 Å². The zero-order valence-corrected chi connectivity index (χ0v) is 10.8. The van der Waals surface area contributed by atoms with E-state index in [-0.39, 0.29) is 5.02 Å². The molecule has 0 fully saturated rings. The number of aldehydes is 1. The molecule has 0 amide bonds. The highest BCUT2D eigenvalue weighted by atomic mass is 79.9. The van der Waals surface area contributed by atoms with Crippen molar-refractivity contribution in [2.24, 2.45) is 0 Å². The van der Waals surface area contributed by atoms with Gasteiger partial charge in [0.05, 0.1) is 6.10 Å². The number of carbonyl (C=O) groups is 1. The number of aliphatic hydroxyl groups excluding tert-OH is 2. The highest BCUT2D eigenvalue weighted by molar-refractivity contribution is 9.09. The maximum absolute atomic E-state index is 10.5. The van der Waals surface area contributed by atoms with Crippen molar-refractivity contribution in [3.8, 4) is 0 Å². The van der Waals surface area contributed by atoms with Crippen LogP contribution in [0.3, 0.4) is 0 Å². The maximum atomic E-state index is 10.5. The van der Waals surface area contributed by atoms with Crippen LogP contribution in [0.2, 0.25) is 5.02 Å². The highest BCUT2D eigenvalue weighted by Crippen LogP contribution is 2.27. The lowest BCUT2D eigenvalue weighted by atomic mass is 10.0. The number of hydrogen-bond acceptors (Lipinski definition) is 3. The first-order valence-electron chi connectivity index (χ1n) is 4.77. The van der Waals surface area contributed by atoms with Crippen LogP contribution in [0.5, 0.6) is 0 Å². The molecule has 0 heterocycles. The third-order valence-corrected chi connectivity index (χ3v) is 3.03. The first-order valence-corrected chi connectivity index (χ1v) is 6.26. The van der Waals surface area contributed by atoms with Gasteiger partial charge < -0.3 is 10.2 Å². The molecular weight excluding hydrogens is 295 g/mol. The van der Waals surface area contributed by atoms with Gasteiger partial charge in [0, 0.05) is 21.5 Å². The molecule has 16 heavy (non-hydrogen) atoms. The summed E-state index contributed by atoms with van der Waals surface area (Å²) >= 11 is 9.09. The summed E-state index contributed by atoms with van der Waals surface area (Å²) in [6, 6.07) is 4.57. The fourth-order valence-corrected chi connectivity index (χ4v) is 2.10. The molecule has 2 atom stereocenters. The predicted octanol–water partition coefficient (Wildman–Crippen LogP) is 2.33. The maximum Gasteiger partial charge on any atom is 0.150 e. The normalized spacial score (nSPS) is 14.5. The van der Waals surface area contributed by atoms with Gasteiger partial charge in [-0.05, 0) is 12.5 Å². The Morgan fingerprint density at radius 3 is 2.62 bits per heavy atom. The summed E-state index contributed by atoms with van der Waals surface area (Å²) in [6.45, 7) is 0. The van der Waals surface area contributed by atoms with Crippen LogP contribution in [-0.4, -0.2) is 27.9 Å². The summed E-state index contributed by atoms with van der Waals surface area (Å²) in [5.41, 5.74) is 0.872. The third-order valence-electron chi connectivity index (χ3n) is 2.25. The standard InChI is InChI=1S/C11H12BrClO3/c12-4-3-10(15)11(16)8-2-1-7(6-14)5-9(8)13/h1-2,5-6,10-11,15-16H,3-4H2. The van der Waals surface area contributed by atoms with E-state index in [9.17, 15) is 15.0 Å². The number of hydrogen-bond donors (Lipinski definition) is 2. The van der Waals surface area contributed by atoms with Gasteiger partial charge in [-0.1, -0.05) is 39.7 Å². The number of carbonyl (C=O) groups excluding carboxylic acids is 1. The monoisotopic (exact) mass is 306 g/mol. The van der Waals surface area contributed by atoms with Crippen LogP contribution in [0.15, 0.2) is 18.2 Å². The van der Waals surface area contributed by atoms with E-state index in [2.05, 4.69) is 15.9 Å². The lowest BCUT2D eigenvalue weighted by Crippen LogP contribution is -2.19. The molecule has 5 heteroatoms. The number of halogens is 2. The van der Waals surface area contributed by atoms with Gasteiger partial charge in [0.1, 0.15) is 12.4 Å². The molecule has 0 bridgehead atoms. The molecule has 0 saturated carbocycles. The molecule has 1 rings (SSSR count). The van der Waals surface area contributed by atoms with Crippen molar-refractivity contribution in [2.75, 3.05) is 5.33 Å². The first-order chi connectivity index (χ1) is 7.60. The molecule has 0 aromatic heterocycles. The van der Waals surface area contributed by atoms with Gasteiger partial charge in [-0.25, -0.2) is 0 Å². The first kappa shape index (κ1) is 13.6. The second kappa shape index (κ2) is 6.35. The van der Waals surface area contributed by atoms with Gasteiger partial charge in [-0.15, -0.1) is 0 Å². The van der Waals surface area contributed by atoms with E-state index in [1.807, 2.05) is 0 Å². The summed E-state index contributed by atoms with van der Waals surface area (Å²) < 4.78 is 0. The van der Waals surface area contributed by atoms with Gasteiger partial charge in [0.25, 0.3) is 0 Å². The summed E-state index contributed by atoms with van der Waals surface area (Å²) in [7, 11) is 0. The van der Waals surface area contributed by atoms with Crippen LogP contribution in [-0.2, 0) is 0 Å². The van der Waals surface area contributed by atoms with Crippen LogP contribution in [0, 0.1) is 0 Å². The van der Waals surface area contributed by atoms with Crippen LogP contribution >= 0.6 is 27.5 Å². The summed E-state index contributed by atoms with van der Waals surface area (Å²) in [5.74, 6) is 0. The molecule has 0 aliphatic carbocycles. The van der Waals surface area contributed by atoms with Crippen molar-refractivity contribution in [3.63, 3.8) is 0 Å². The molecule has 1 aromatic carbocycles. The Labute approximate surface area is 107 Å². The van der Waals surface area contributed by atoms with Crippen molar-refractivity contribution in [3.05, 3.63) is 34.3 Å². The third kappa shape index (κ3) is 3.28. The quantitative estimate of drug-likeness (QED) is 0.648. The Kier molecular flexibility index (Phi) is 5.41. The Bertz CT molecular complexity index is 370.